The van der Waals surface area contributed by atoms with Gasteiger partial charge < -0.3 is 15.4 Å². The predicted octanol–water partition coefficient (Wildman–Crippen LogP) is 4.66. The Morgan fingerprint density at radius 2 is 1.90 bits per heavy atom. The number of hydrogen-bond acceptors (Lipinski definition) is 5. The quantitative estimate of drug-likeness (QED) is 0.491. The fraction of sp³-hybridized carbons (Fsp3) is 0.0909. The van der Waals surface area contributed by atoms with Crippen LogP contribution in [0.15, 0.2) is 79.6 Å². The van der Waals surface area contributed by atoms with Crippen molar-refractivity contribution in [2.45, 2.75) is 13.3 Å². The molecule has 0 atom stereocenters. The maximum absolute atomic E-state index is 12.3. The Balaban J connectivity index is 1.38. The first-order valence-corrected chi connectivity index (χ1v) is 9.45. The van der Waals surface area contributed by atoms with Gasteiger partial charge in [-0.3, -0.25) is 4.57 Å². The first-order chi connectivity index (χ1) is 14.7. The van der Waals surface area contributed by atoms with Crippen LogP contribution < -0.4 is 15.4 Å². The van der Waals surface area contributed by atoms with Crippen molar-refractivity contribution in [3.8, 4) is 17.4 Å². The molecule has 0 bridgehead atoms. The van der Waals surface area contributed by atoms with Gasteiger partial charge in [-0.25, -0.2) is 19.7 Å². The Hall–Kier alpha value is -4.20. The summed E-state index contributed by atoms with van der Waals surface area (Å²) in [5, 5.41) is 5.70. The van der Waals surface area contributed by atoms with Crippen LogP contribution in [0.1, 0.15) is 12.5 Å². The van der Waals surface area contributed by atoms with E-state index in [0.717, 1.165) is 17.7 Å². The average molecular weight is 400 g/mol. The molecule has 4 aromatic rings. The third-order valence-electron chi connectivity index (χ3n) is 4.38. The van der Waals surface area contributed by atoms with E-state index in [1.807, 2.05) is 31.2 Å². The minimum Gasteiger partial charge on any atom is -0.439 e. The van der Waals surface area contributed by atoms with Gasteiger partial charge >= 0.3 is 6.03 Å². The number of carbonyl (C=O) groups excluding carboxylic acids is 1. The van der Waals surface area contributed by atoms with Gasteiger partial charge in [0.25, 0.3) is 0 Å². The van der Waals surface area contributed by atoms with Crippen LogP contribution in [0.2, 0.25) is 0 Å². The number of nitrogens with one attached hydrogen (secondary N) is 2. The van der Waals surface area contributed by atoms with E-state index >= 15 is 0 Å². The van der Waals surface area contributed by atoms with Gasteiger partial charge in [-0.1, -0.05) is 25.1 Å². The molecule has 4 rings (SSSR count). The van der Waals surface area contributed by atoms with E-state index in [1.165, 1.54) is 6.33 Å². The minimum absolute atomic E-state index is 0.301. The molecule has 0 unspecified atom stereocenters. The van der Waals surface area contributed by atoms with Crippen LogP contribution in [0.25, 0.3) is 5.82 Å². The van der Waals surface area contributed by atoms with Crippen LogP contribution in [0, 0.1) is 0 Å². The average Bonchev–Trinajstić information content (AvgIpc) is 3.31. The van der Waals surface area contributed by atoms with E-state index in [2.05, 4.69) is 25.6 Å². The van der Waals surface area contributed by atoms with Gasteiger partial charge in [0.2, 0.25) is 5.88 Å². The lowest BCUT2D eigenvalue weighted by Crippen LogP contribution is -2.20. The van der Waals surface area contributed by atoms with E-state index in [9.17, 15) is 4.79 Å². The molecule has 0 aliphatic carbocycles. The Morgan fingerprint density at radius 1 is 1.07 bits per heavy atom. The van der Waals surface area contributed by atoms with Crippen molar-refractivity contribution in [1.82, 2.24) is 19.5 Å². The summed E-state index contributed by atoms with van der Waals surface area (Å²) in [6, 6.07) is 16.2. The van der Waals surface area contributed by atoms with E-state index < -0.39 is 0 Å². The van der Waals surface area contributed by atoms with Gasteiger partial charge in [-0.2, -0.15) is 0 Å². The number of nitrogens with zero attached hydrogens (tertiary/aromatic N) is 4. The zero-order valence-electron chi connectivity index (χ0n) is 16.3. The number of ether oxygens (including phenoxy) is 1. The highest BCUT2D eigenvalue weighted by Gasteiger charge is 2.07. The second kappa shape index (κ2) is 8.87. The Kier molecular flexibility index (Phi) is 5.66. The molecular weight excluding hydrogens is 380 g/mol. The number of benzene rings is 2. The highest BCUT2D eigenvalue weighted by Crippen LogP contribution is 2.23. The summed E-state index contributed by atoms with van der Waals surface area (Å²) in [6.45, 7) is 2.05. The van der Waals surface area contributed by atoms with Gasteiger partial charge in [0.1, 0.15) is 24.2 Å². The predicted molar refractivity (Wildman–Crippen MR) is 114 cm³/mol. The summed E-state index contributed by atoms with van der Waals surface area (Å²) < 4.78 is 7.55. The lowest BCUT2D eigenvalue weighted by Gasteiger charge is -2.11. The number of carbonyl (C=O) groups is 1. The van der Waals surface area contributed by atoms with Crippen molar-refractivity contribution >= 4 is 17.4 Å². The summed E-state index contributed by atoms with van der Waals surface area (Å²) in [5.74, 6) is 1.65. The number of anilines is 2. The zero-order chi connectivity index (χ0) is 20.8. The molecular formula is C22H20N6O2. The molecule has 0 aliphatic rings. The lowest BCUT2D eigenvalue weighted by molar-refractivity contribution is 0.262. The van der Waals surface area contributed by atoms with Crippen LogP contribution in [0.3, 0.4) is 0 Å². The Morgan fingerprint density at radius 3 is 2.67 bits per heavy atom. The monoisotopic (exact) mass is 400 g/mol. The van der Waals surface area contributed by atoms with Gasteiger partial charge in [0.15, 0.2) is 0 Å². The molecule has 2 N–H and O–H groups in total. The smallest absolute Gasteiger partial charge is 0.323 e. The number of aromatic nitrogens is 4. The number of rotatable bonds is 6. The first-order valence-electron chi connectivity index (χ1n) is 9.45. The molecule has 2 amide bonds. The van der Waals surface area contributed by atoms with E-state index in [0.29, 0.717) is 23.1 Å². The third kappa shape index (κ3) is 4.61. The first kappa shape index (κ1) is 19.1. The highest BCUT2D eigenvalue weighted by molar-refractivity contribution is 6.00. The molecule has 0 fully saturated rings. The van der Waals surface area contributed by atoms with Crippen LogP contribution in [0.4, 0.5) is 16.2 Å². The Bertz CT molecular complexity index is 1130. The van der Waals surface area contributed by atoms with Crippen molar-refractivity contribution in [1.29, 1.82) is 0 Å². The summed E-state index contributed by atoms with van der Waals surface area (Å²) in [7, 11) is 0. The van der Waals surface area contributed by atoms with Crippen molar-refractivity contribution in [3.63, 3.8) is 0 Å². The van der Waals surface area contributed by atoms with E-state index in [1.54, 1.807) is 53.6 Å². The van der Waals surface area contributed by atoms with Gasteiger partial charge in [0.05, 0.1) is 0 Å². The number of amides is 2. The fourth-order valence-electron chi connectivity index (χ4n) is 2.88. The minimum atomic E-state index is -0.301. The van der Waals surface area contributed by atoms with Crippen molar-refractivity contribution in [3.05, 3.63) is 85.2 Å². The van der Waals surface area contributed by atoms with Gasteiger partial charge in [-0.15, -0.1) is 0 Å². The van der Waals surface area contributed by atoms with Crippen molar-refractivity contribution < 1.29 is 9.53 Å². The third-order valence-corrected chi connectivity index (χ3v) is 4.38. The number of aryl methyl sites for hydroxylation is 1. The lowest BCUT2D eigenvalue weighted by atomic mass is 10.1. The molecule has 150 valence electrons. The SMILES string of the molecule is CCc1ccccc1NC(=O)Nc1ccc(Oc2cc(-n3ccnc3)ncn2)cc1. The molecule has 0 radical (unpaired) electrons. The van der Waals surface area contributed by atoms with Crippen LogP contribution in [-0.4, -0.2) is 25.6 Å². The number of imidazole rings is 1. The summed E-state index contributed by atoms with van der Waals surface area (Å²) in [5.41, 5.74) is 2.53. The standard InChI is InChI=1S/C22H20N6O2/c1-2-16-5-3-4-6-19(16)27-22(29)26-17-7-9-18(10-8-17)30-21-13-20(24-14-25-21)28-12-11-23-15-28/h3-15H,2H2,1H3,(H2,26,27,29). The second-order valence-corrected chi connectivity index (χ2v) is 6.40. The Labute approximate surface area is 173 Å². The molecule has 0 saturated heterocycles. The molecule has 0 aliphatic heterocycles. The van der Waals surface area contributed by atoms with Gasteiger partial charge in [0, 0.05) is 29.8 Å². The normalized spacial score (nSPS) is 10.4. The van der Waals surface area contributed by atoms with Gasteiger partial charge in [-0.05, 0) is 42.3 Å². The number of para-hydroxylation sites is 1. The zero-order valence-corrected chi connectivity index (χ0v) is 16.3. The van der Waals surface area contributed by atoms with Crippen LogP contribution in [0.5, 0.6) is 11.6 Å². The molecule has 2 aromatic carbocycles. The molecule has 30 heavy (non-hydrogen) atoms. The maximum atomic E-state index is 12.3. The highest BCUT2D eigenvalue weighted by atomic mass is 16.5. The molecule has 2 aromatic heterocycles. The second-order valence-electron chi connectivity index (χ2n) is 6.40. The molecule has 8 heteroatoms. The molecule has 2 heterocycles. The van der Waals surface area contributed by atoms with Crippen LogP contribution in [-0.2, 0) is 6.42 Å². The van der Waals surface area contributed by atoms with Crippen molar-refractivity contribution in [2.75, 3.05) is 10.6 Å². The fourth-order valence-corrected chi connectivity index (χ4v) is 2.88. The maximum Gasteiger partial charge on any atom is 0.323 e. The molecule has 0 saturated carbocycles. The van der Waals surface area contributed by atoms with E-state index in [-0.39, 0.29) is 6.03 Å². The number of hydrogen-bond donors (Lipinski definition) is 2. The number of urea groups is 1. The largest absolute Gasteiger partial charge is 0.439 e. The topological polar surface area (TPSA) is 94.0 Å². The molecule has 0 spiro atoms. The summed E-state index contributed by atoms with van der Waals surface area (Å²) in [6.07, 6.45) is 7.38. The van der Waals surface area contributed by atoms with E-state index in [4.69, 9.17) is 4.74 Å². The molecule has 8 nitrogen and oxygen atoms in total. The van der Waals surface area contributed by atoms with Crippen molar-refractivity contribution in [2.24, 2.45) is 0 Å². The summed E-state index contributed by atoms with van der Waals surface area (Å²) >= 11 is 0. The summed E-state index contributed by atoms with van der Waals surface area (Å²) in [4.78, 5) is 24.6. The van der Waals surface area contributed by atoms with Crippen LogP contribution >= 0.6 is 0 Å².